The van der Waals surface area contributed by atoms with E-state index in [-0.39, 0.29) is 0 Å². The third kappa shape index (κ3) is 3.23. The van der Waals surface area contributed by atoms with Gasteiger partial charge < -0.3 is 16.0 Å². The minimum atomic E-state index is 0.568. The Morgan fingerprint density at radius 2 is 1.87 bits per heavy atom. The van der Waals surface area contributed by atoms with Crippen LogP contribution in [0.3, 0.4) is 0 Å². The molecule has 2 aliphatic rings. The number of nitrogen functional groups attached to an aromatic ring is 1. The van der Waals surface area contributed by atoms with Crippen LogP contribution in [0.2, 0.25) is 0 Å². The lowest BCUT2D eigenvalue weighted by Gasteiger charge is -2.28. The van der Waals surface area contributed by atoms with E-state index in [4.69, 9.17) is 15.8 Å². The minimum absolute atomic E-state index is 0.568. The molecule has 0 spiro atoms. The van der Waals surface area contributed by atoms with Gasteiger partial charge in [0.1, 0.15) is 5.82 Å². The summed E-state index contributed by atoms with van der Waals surface area (Å²) < 4.78 is 3.79. The topological polar surface area (TPSA) is 89.3 Å². The van der Waals surface area contributed by atoms with Gasteiger partial charge in [0.15, 0.2) is 0 Å². The van der Waals surface area contributed by atoms with Crippen LogP contribution in [0, 0.1) is 0 Å². The predicted molar refractivity (Wildman–Crippen MR) is 122 cm³/mol. The van der Waals surface area contributed by atoms with Crippen molar-refractivity contribution >= 4 is 17.0 Å². The maximum atomic E-state index is 6.31. The van der Waals surface area contributed by atoms with Gasteiger partial charge >= 0.3 is 0 Å². The summed E-state index contributed by atoms with van der Waals surface area (Å²) in [5.74, 6) is 1.58. The molecule has 0 amide bonds. The first kappa shape index (κ1) is 18.4. The first-order chi connectivity index (χ1) is 15.2. The fourth-order valence-electron chi connectivity index (χ4n) is 4.53. The molecular formula is C23H26N8. The van der Waals surface area contributed by atoms with E-state index in [0.29, 0.717) is 11.6 Å². The van der Waals surface area contributed by atoms with Crippen molar-refractivity contribution in [3.05, 3.63) is 48.7 Å². The molecule has 158 valence electrons. The quantitative estimate of drug-likeness (QED) is 0.534. The number of rotatable bonds is 4. The molecule has 1 saturated carbocycles. The number of nitrogens with one attached hydrogen (secondary N) is 1. The molecule has 3 N–H and O–H groups in total. The van der Waals surface area contributed by atoms with Crippen molar-refractivity contribution < 1.29 is 0 Å². The third-order valence-electron chi connectivity index (χ3n) is 6.27. The average Bonchev–Trinajstić information content (AvgIpc) is 3.48. The second-order valence-electron chi connectivity index (χ2n) is 8.55. The van der Waals surface area contributed by atoms with Crippen LogP contribution in [0.4, 0.5) is 11.5 Å². The molecule has 31 heavy (non-hydrogen) atoms. The van der Waals surface area contributed by atoms with Crippen molar-refractivity contribution in [3.63, 3.8) is 0 Å². The third-order valence-corrected chi connectivity index (χ3v) is 6.27. The van der Waals surface area contributed by atoms with Crippen LogP contribution in [0.1, 0.15) is 24.5 Å². The summed E-state index contributed by atoms with van der Waals surface area (Å²) in [5.41, 5.74) is 13.4. The zero-order valence-electron chi connectivity index (χ0n) is 17.6. The van der Waals surface area contributed by atoms with Crippen LogP contribution in [-0.4, -0.2) is 50.6 Å². The molecule has 0 aromatic carbocycles. The predicted octanol–water partition coefficient (Wildman–Crippen LogP) is 2.67. The molecule has 8 nitrogen and oxygen atoms in total. The van der Waals surface area contributed by atoms with Crippen LogP contribution >= 0.6 is 0 Å². The summed E-state index contributed by atoms with van der Waals surface area (Å²) in [6.45, 7) is 3.94. The number of anilines is 2. The number of aromatic nitrogens is 5. The molecule has 5 heterocycles. The van der Waals surface area contributed by atoms with E-state index >= 15 is 0 Å². The number of nitrogens with zero attached hydrogens (tertiary/aromatic N) is 6. The Kier molecular flexibility index (Phi) is 4.21. The van der Waals surface area contributed by atoms with Gasteiger partial charge in [-0.1, -0.05) is 0 Å². The SMILES string of the molecule is Cn1cc(-c2cc(-c3ccc(N4CCNCC4)nc3)c3c(N)cnn3c2)c(C2CC2)n1. The lowest BCUT2D eigenvalue weighted by molar-refractivity contribution is 0.585. The number of hydrogen-bond donors (Lipinski definition) is 2. The normalized spacial score (nSPS) is 16.9. The fraction of sp³-hybridized carbons (Fsp3) is 0.348. The van der Waals surface area contributed by atoms with E-state index in [1.54, 1.807) is 6.20 Å². The molecular weight excluding hydrogens is 388 g/mol. The molecule has 4 aromatic heterocycles. The molecule has 1 aliphatic carbocycles. The number of piperazine rings is 1. The standard InChI is InChI=1S/C23H26N8/c1-29-14-19(22(28-29)15-2-3-15)17-10-18(23-20(24)12-27-31(23)13-17)16-4-5-21(26-11-16)30-8-6-25-7-9-30/h4-5,10-15,25H,2-3,6-9,24H2,1H3. The van der Waals surface area contributed by atoms with E-state index in [1.807, 2.05) is 22.4 Å². The van der Waals surface area contributed by atoms with Crippen LogP contribution in [-0.2, 0) is 7.05 Å². The Labute approximate surface area is 180 Å². The number of aryl methyl sites for hydroxylation is 1. The van der Waals surface area contributed by atoms with Gasteiger partial charge in [-0.15, -0.1) is 0 Å². The maximum Gasteiger partial charge on any atom is 0.128 e. The van der Waals surface area contributed by atoms with Crippen molar-refractivity contribution in [2.75, 3.05) is 36.8 Å². The molecule has 2 fully saturated rings. The summed E-state index contributed by atoms with van der Waals surface area (Å²) in [6, 6.07) is 6.45. The van der Waals surface area contributed by atoms with Crippen molar-refractivity contribution in [1.82, 2.24) is 29.7 Å². The van der Waals surface area contributed by atoms with Gasteiger partial charge in [-0.3, -0.25) is 4.68 Å². The van der Waals surface area contributed by atoms with Crippen LogP contribution in [0.25, 0.3) is 27.8 Å². The summed E-state index contributed by atoms with van der Waals surface area (Å²) in [5, 5.41) is 12.6. The highest BCUT2D eigenvalue weighted by molar-refractivity contribution is 5.91. The molecule has 4 aromatic rings. The van der Waals surface area contributed by atoms with E-state index < -0.39 is 0 Å². The zero-order valence-corrected chi connectivity index (χ0v) is 17.6. The lowest BCUT2D eigenvalue weighted by Crippen LogP contribution is -2.43. The average molecular weight is 415 g/mol. The van der Waals surface area contributed by atoms with Gasteiger partial charge in [0.2, 0.25) is 0 Å². The van der Waals surface area contributed by atoms with Crippen molar-refractivity contribution in [2.45, 2.75) is 18.8 Å². The highest BCUT2D eigenvalue weighted by Crippen LogP contribution is 2.44. The second kappa shape index (κ2) is 7.09. The maximum absolute atomic E-state index is 6.31. The second-order valence-corrected chi connectivity index (χ2v) is 8.55. The molecule has 8 heteroatoms. The van der Waals surface area contributed by atoms with Crippen molar-refractivity contribution in [3.8, 4) is 22.3 Å². The number of nitrogens with two attached hydrogens (primary N) is 1. The smallest absolute Gasteiger partial charge is 0.128 e. The highest BCUT2D eigenvalue weighted by Gasteiger charge is 2.30. The molecule has 1 aliphatic heterocycles. The first-order valence-electron chi connectivity index (χ1n) is 10.9. The van der Waals surface area contributed by atoms with Gasteiger partial charge in [-0.2, -0.15) is 10.2 Å². The highest BCUT2D eigenvalue weighted by atomic mass is 15.3. The fourth-order valence-corrected chi connectivity index (χ4v) is 4.53. The number of fused-ring (bicyclic) bond motifs is 1. The van der Waals surface area contributed by atoms with E-state index in [0.717, 1.165) is 54.2 Å². The van der Waals surface area contributed by atoms with Crippen LogP contribution in [0.15, 0.2) is 43.0 Å². The van der Waals surface area contributed by atoms with Gasteiger partial charge in [-0.25, -0.2) is 9.50 Å². The Morgan fingerprint density at radius 1 is 1.03 bits per heavy atom. The number of pyridine rings is 2. The Balaban J connectivity index is 1.46. The number of hydrogen-bond acceptors (Lipinski definition) is 6. The van der Waals surface area contributed by atoms with E-state index in [1.165, 1.54) is 24.1 Å². The van der Waals surface area contributed by atoms with Gasteiger partial charge in [-0.05, 0) is 31.0 Å². The Hall–Kier alpha value is -3.39. The largest absolute Gasteiger partial charge is 0.396 e. The zero-order chi connectivity index (χ0) is 20.9. The van der Waals surface area contributed by atoms with Gasteiger partial charge in [0, 0.05) is 80.0 Å². The molecule has 0 atom stereocenters. The summed E-state index contributed by atoms with van der Waals surface area (Å²) in [7, 11) is 1.99. The molecule has 0 unspecified atom stereocenters. The summed E-state index contributed by atoms with van der Waals surface area (Å²) in [6.07, 6.45) is 10.3. The Morgan fingerprint density at radius 3 is 2.61 bits per heavy atom. The van der Waals surface area contributed by atoms with Crippen LogP contribution < -0.4 is 16.0 Å². The summed E-state index contributed by atoms with van der Waals surface area (Å²) in [4.78, 5) is 7.09. The summed E-state index contributed by atoms with van der Waals surface area (Å²) >= 11 is 0. The minimum Gasteiger partial charge on any atom is -0.396 e. The van der Waals surface area contributed by atoms with E-state index in [9.17, 15) is 0 Å². The van der Waals surface area contributed by atoms with Gasteiger partial charge in [0.05, 0.1) is 23.1 Å². The molecule has 0 radical (unpaired) electrons. The molecule has 6 rings (SSSR count). The molecule has 0 bridgehead atoms. The van der Waals surface area contributed by atoms with E-state index in [2.05, 4.69) is 45.9 Å². The first-order valence-corrected chi connectivity index (χ1v) is 10.9. The van der Waals surface area contributed by atoms with Crippen molar-refractivity contribution in [1.29, 1.82) is 0 Å². The monoisotopic (exact) mass is 414 g/mol. The van der Waals surface area contributed by atoms with Crippen LogP contribution in [0.5, 0.6) is 0 Å². The van der Waals surface area contributed by atoms with Gasteiger partial charge in [0.25, 0.3) is 0 Å². The Bertz CT molecular complexity index is 1240. The lowest BCUT2D eigenvalue weighted by atomic mass is 10.00. The molecule has 1 saturated heterocycles. The van der Waals surface area contributed by atoms with Crippen molar-refractivity contribution in [2.24, 2.45) is 7.05 Å².